The zero-order valence-electron chi connectivity index (χ0n) is 11.0. The molecule has 2 N–H and O–H groups in total. The molecule has 0 fully saturated rings. The van der Waals surface area contributed by atoms with Crippen LogP contribution in [0.4, 0.5) is 15.8 Å². The van der Waals surface area contributed by atoms with Gasteiger partial charge in [0.1, 0.15) is 5.82 Å². The molecule has 1 amide bonds. The predicted octanol–water partition coefficient (Wildman–Crippen LogP) is 3.00. The van der Waals surface area contributed by atoms with Gasteiger partial charge in [-0.25, -0.2) is 4.39 Å². The van der Waals surface area contributed by atoms with Crippen LogP contribution in [0.3, 0.4) is 0 Å². The molecule has 1 heterocycles. The van der Waals surface area contributed by atoms with E-state index in [-0.39, 0.29) is 11.5 Å². The van der Waals surface area contributed by atoms with Gasteiger partial charge in [0, 0.05) is 17.9 Å². The molecule has 1 aliphatic heterocycles. The van der Waals surface area contributed by atoms with Crippen molar-refractivity contribution >= 4 is 17.3 Å². The molecule has 0 aromatic heterocycles. The molecule has 0 aliphatic carbocycles. The molecule has 0 radical (unpaired) electrons. The van der Waals surface area contributed by atoms with Gasteiger partial charge in [-0.05, 0) is 42.7 Å². The molecule has 20 heavy (non-hydrogen) atoms. The highest BCUT2D eigenvalue weighted by Crippen LogP contribution is 2.28. The molecule has 0 bridgehead atoms. The first kappa shape index (κ1) is 12.7. The summed E-state index contributed by atoms with van der Waals surface area (Å²) < 4.78 is 13.8. The maximum atomic E-state index is 13.8. The number of fused-ring (bicyclic) bond motifs is 1. The number of amides is 1. The largest absolute Gasteiger partial charge is 0.399 e. The van der Waals surface area contributed by atoms with Crippen LogP contribution in [0.2, 0.25) is 0 Å². The quantitative estimate of drug-likeness (QED) is 0.810. The minimum atomic E-state index is -0.535. The normalized spacial score (nSPS) is 13.9. The lowest BCUT2D eigenvalue weighted by Gasteiger charge is -2.29. The molecule has 1 aliphatic rings. The SMILES string of the molecule is Nc1ccc(F)c(C(=O)N2CCCc3ccccc32)c1. The first-order chi connectivity index (χ1) is 9.66. The number of nitrogen functional groups attached to an aromatic ring is 1. The number of halogens is 1. The number of nitrogens with zero attached hydrogens (tertiary/aromatic N) is 1. The molecule has 2 aromatic carbocycles. The molecule has 0 saturated carbocycles. The Balaban J connectivity index is 2.02. The Morgan fingerprint density at radius 3 is 2.85 bits per heavy atom. The van der Waals surface area contributed by atoms with Gasteiger partial charge in [-0.15, -0.1) is 0 Å². The monoisotopic (exact) mass is 270 g/mol. The van der Waals surface area contributed by atoms with E-state index < -0.39 is 5.82 Å². The van der Waals surface area contributed by atoms with E-state index in [9.17, 15) is 9.18 Å². The van der Waals surface area contributed by atoms with Crippen molar-refractivity contribution in [2.75, 3.05) is 17.2 Å². The molecule has 3 nitrogen and oxygen atoms in total. The number of aryl methyl sites for hydroxylation is 1. The Labute approximate surface area is 116 Å². The van der Waals surface area contributed by atoms with Crippen LogP contribution in [0.25, 0.3) is 0 Å². The second kappa shape index (κ2) is 4.96. The number of hydrogen-bond donors (Lipinski definition) is 1. The number of nitrogens with two attached hydrogens (primary N) is 1. The zero-order valence-corrected chi connectivity index (χ0v) is 11.0. The van der Waals surface area contributed by atoms with Gasteiger partial charge in [-0.3, -0.25) is 4.79 Å². The number of benzene rings is 2. The summed E-state index contributed by atoms with van der Waals surface area (Å²) in [5.74, 6) is -0.866. The van der Waals surface area contributed by atoms with Crippen molar-refractivity contribution in [2.45, 2.75) is 12.8 Å². The summed E-state index contributed by atoms with van der Waals surface area (Å²) in [6.45, 7) is 0.601. The van der Waals surface area contributed by atoms with Gasteiger partial charge in [0.25, 0.3) is 5.91 Å². The maximum Gasteiger partial charge on any atom is 0.261 e. The fraction of sp³-hybridized carbons (Fsp3) is 0.188. The van der Waals surface area contributed by atoms with Crippen molar-refractivity contribution in [3.05, 3.63) is 59.4 Å². The first-order valence-electron chi connectivity index (χ1n) is 6.61. The minimum Gasteiger partial charge on any atom is -0.399 e. The number of para-hydroxylation sites is 1. The van der Waals surface area contributed by atoms with Crippen LogP contribution in [-0.4, -0.2) is 12.5 Å². The molecular formula is C16H15FN2O. The van der Waals surface area contributed by atoms with Gasteiger partial charge in [-0.2, -0.15) is 0 Å². The van der Waals surface area contributed by atoms with Crippen LogP contribution < -0.4 is 10.6 Å². The average molecular weight is 270 g/mol. The summed E-state index contributed by atoms with van der Waals surface area (Å²) in [6.07, 6.45) is 1.83. The molecule has 102 valence electrons. The van der Waals surface area contributed by atoms with E-state index in [4.69, 9.17) is 5.73 Å². The van der Waals surface area contributed by atoms with E-state index in [0.29, 0.717) is 12.2 Å². The standard InChI is InChI=1S/C16H15FN2O/c17-14-8-7-12(18)10-13(14)16(20)19-9-3-5-11-4-1-2-6-15(11)19/h1-2,4,6-8,10H,3,5,9,18H2. The summed E-state index contributed by atoms with van der Waals surface area (Å²) in [6, 6.07) is 11.8. The van der Waals surface area contributed by atoms with Crippen molar-refractivity contribution in [3.63, 3.8) is 0 Å². The lowest BCUT2D eigenvalue weighted by molar-refractivity contribution is 0.0981. The van der Waals surface area contributed by atoms with E-state index in [1.807, 2.05) is 24.3 Å². The zero-order chi connectivity index (χ0) is 14.1. The molecule has 3 rings (SSSR count). The van der Waals surface area contributed by atoms with E-state index in [1.54, 1.807) is 4.90 Å². The summed E-state index contributed by atoms with van der Waals surface area (Å²) in [7, 11) is 0. The molecule has 0 saturated heterocycles. The van der Waals surface area contributed by atoms with Gasteiger partial charge in [0.05, 0.1) is 5.56 Å². The summed E-state index contributed by atoms with van der Waals surface area (Å²) in [5.41, 5.74) is 8.06. The van der Waals surface area contributed by atoms with Gasteiger partial charge in [0.15, 0.2) is 0 Å². The van der Waals surface area contributed by atoms with Gasteiger partial charge < -0.3 is 10.6 Å². The Kier molecular flexibility index (Phi) is 3.14. The van der Waals surface area contributed by atoms with Crippen LogP contribution >= 0.6 is 0 Å². The van der Waals surface area contributed by atoms with Crippen LogP contribution in [0.5, 0.6) is 0 Å². The van der Waals surface area contributed by atoms with Crippen LogP contribution in [-0.2, 0) is 6.42 Å². The Morgan fingerprint density at radius 1 is 1.20 bits per heavy atom. The van der Waals surface area contributed by atoms with Gasteiger partial charge >= 0.3 is 0 Å². The summed E-state index contributed by atoms with van der Waals surface area (Å²) >= 11 is 0. The minimum absolute atomic E-state index is 0.0294. The highest BCUT2D eigenvalue weighted by Gasteiger charge is 2.25. The number of carbonyl (C=O) groups excluding carboxylic acids is 1. The van der Waals surface area contributed by atoms with Crippen LogP contribution in [0.15, 0.2) is 42.5 Å². The fourth-order valence-corrected chi connectivity index (χ4v) is 2.60. The summed E-state index contributed by atoms with van der Waals surface area (Å²) in [5, 5.41) is 0. The number of carbonyl (C=O) groups is 1. The molecule has 2 aromatic rings. The average Bonchev–Trinajstić information content (AvgIpc) is 2.48. The third-order valence-corrected chi connectivity index (χ3v) is 3.58. The predicted molar refractivity (Wildman–Crippen MR) is 77.3 cm³/mol. The Hall–Kier alpha value is -2.36. The van der Waals surface area contributed by atoms with Crippen molar-refractivity contribution in [2.24, 2.45) is 0 Å². The Bertz CT molecular complexity index is 669. The highest BCUT2D eigenvalue weighted by molar-refractivity contribution is 6.07. The van der Waals surface area contributed by atoms with E-state index in [0.717, 1.165) is 24.1 Å². The lowest BCUT2D eigenvalue weighted by Crippen LogP contribution is -2.36. The van der Waals surface area contributed by atoms with Crippen molar-refractivity contribution < 1.29 is 9.18 Å². The van der Waals surface area contributed by atoms with Crippen molar-refractivity contribution in [1.82, 2.24) is 0 Å². The van der Waals surface area contributed by atoms with E-state index >= 15 is 0 Å². The van der Waals surface area contributed by atoms with Gasteiger partial charge in [0.2, 0.25) is 0 Å². The second-order valence-electron chi connectivity index (χ2n) is 4.93. The van der Waals surface area contributed by atoms with E-state index in [1.165, 1.54) is 18.2 Å². The molecule has 0 unspecified atom stereocenters. The third kappa shape index (κ3) is 2.13. The van der Waals surface area contributed by atoms with Crippen LogP contribution in [0, 0.1) is 5.82 Å². The smallest absolute Gasteiger partial charge is 0.261 e. The fourth-order valence-electron chi connectivity index (χ4n) is 2.60. The maximum absolute atomic E-state index is 13.8. The topological polar surface area (TPSA) is 46.3 Å². The highest BCUT2D eigenvalue weighted by atomic mass is 19.1. The third-order valence-electron chi connectivity index (χ3n) is 3.58. The number of rotatable bonds is 1. The number of anilines is 2. The summed E-state index contributed by atoms with van der Waals surface area (Å²) in [4.78, 5) is 14.2. The molecule has 0 atom stereocenters. The molecular weight excluding hydrogens is 255 g/mol. The van der Waals surface area contributed by atoms with Crippen molar-refractivity contribution in [3.8, 4) is 0 Å². The Morgan fingerprint density at radius 2 is 2.00 bits per heavy atom. The van der Waals surface area contributed by atoms with E-state index in [2.05, 4.69) is 0 Å². The molecule has 0 spiro atoms. The number of hydrogen-bond acceptors (Lipinski definition) is 2. The second-order valence-corrected chi connectivity index (χ2v) is 4.93. The van der Waals surface area contributed by atoms with Crippen molar-refractivity contribution in [1.29, 1.82) is 0 Å². The lowest BCUT2D eigenvalue weighted by atomic mass is 10.0. The van der Waals surface area contributed by atoms with Crippen LogP contribution in [0.1, 0.15) is 22.3 Å². The van der Waals surface area contributed by atoms with Gasteiger partial charge in [-0.1, -0.05) is 18.2 Å². The first-order valence-corrected chi connectivity index (χ1v) is 6.61. The molecule has 4 heteroatoms.